The lowest BCUT2D eigenvalue weighted by Gasteiger charge is -2.10. The van der Waals surface area contributed by atoms with Crippen LogP contribution in [-0.4, -0.2) is 31.7 Å². The third-order valence-corrected chi connectivity index (χ3v) is 5.19. The standard InChI is InChI=1S/C26H19NO7/c1-15-4-3-5-18(10-15)25(28)33-21-8-6-16(12-22(21)30-2)11-19-26(29)34-24(27-19)17-7-9-20-23(13-17)32-14-31-20/h3-13H,14H2,1-2H3/b19-11+. The fourth-order valence-electron chi connectivity index (χ4n) is 3.51. The van der Waals surface area contributed by atoms with Gasteiger partial charge in [0.25, 0.3) is 0 Å². The second-order valence-electron chi connectivity index (χ2n) is 7.57. The topological polar surface area (TPSA) is 92.7 Å². The summed E-state index contributed by atoms with van der Waals surface area (Å²) < 4.78 is 26.9. The van der Waals surface area contributed by atoms with E-state index in [1.807, 2.05) is 13.0 Å². The van der Waals surface area contributed by atoms with E-state index >= 15 is 0 Å². The number of fused-ring (bicyclic) bond motifs is 1. The van der Waals surface area contributed by atoms with Crippen LogP contribution in [0, 0.1) is 6.92 Å². The Morgan fingerprint density at radius 1 is 1.00 bits per heavy atom. The summed E-state index contributed by atoms with van der Waals surface area (Å²) in [6, 6.07) is 17.2. The van der Waals surface area contributed by atoms with Crippen LogP contribution in [0.3, 0.4) is 0 Å². The molecule has 0 atom stereocenters. The van der Waals surface area contributed by atoms with Crippen molar-refractivity contribution in [1.82, 2.24) is 0 Å². The third-order valence-electron chi connectivity index (χ3n) is 5.19. The van der Waals surface area contributed by atoms with Gasteiger partial charge in [-0.15, -0.1) is 0 Å². The molecule has 3 aromatic carbocycles. The number of hydrogen-bond donors (Lipinski definition) is 0. The van der Waals surface area contributed by atoms with Crippen LogP contribution in [0.25, 0.3) is 6.08 Å². The Morgan fingerprint density at radius 2 is 1.85 bits per heavy atom. The molecule has 0 aliphatic carbocycles. The minimum absolute atomic E-state index is 0.124. The predicted octanol–water partition coefficient (Wildman–Crippen LogP) is 4.30. The fourth-order valence-corrected chi connectivity index (χ4v) is 3.51. The molecule has 0 aromatic heterocycles. The first-order chi connectivity index (χ1) is 16.5. The lowest BCUT2D eigenvalue weighted by Crippen LogP contribution is -2.09. The van der Waals surface area contributed by atoms with Gasteiger partial charge in [-0.3, -0.25) is 0 Å². The first kappa shape index (κ1) is 21.3. The van der Waals surface area contributed by atoms with Crippen molar-refractivity contribution in [2.45, 2.75) is 6.92 Å². The Balaban J connectivity index is 1.38. The highest BCUT2D eigenvalue weighted by molar-refractivity contribution is 6.13. The van der Waals surface area contributed by atoms with E-state index < -0.39 is 11.9 Å². The van der Waals surface area contributed by atoms with Crippen molar-refractivity contribution in [3.8, 4) is 23.0 Å². The molecule has 0 saturated carbocycles. The number of methoxy groups -OCH3 is 1. The fraction of sp³-hybridized carbons (Fsp3) is 0.115. The molecule has 0 spiro atoms. The molecule has 2 heterocycles. The Labute approximate surface area is 195 Å². The molecule has 2 aliphatic heterocycles. The number of hydrogen-bond acceptors (Lipinski definition) is 8. The molecule has 0 fully saturated rings. The van der Waals surface area contributed by atoms with E-state index in [0.717, 1.165) is 5.56 Å². The second-order valence-corrected chi connectivity index (χ2v) is 7.57. The predicted molar refractivity (Wildman–Crippen MR) is 122 cm³/mol. The summed E-state index contributed by atoms with van der Waals surface area (Å²) in [6.45, 7) is 2.04. The maximum Gasteiger partial charge on any atom is 0.363 e. The number of aliphatic imine (C=N–C) groups is 1. The summed E-state index contributed by atoms with van der Waals surface area (Å²) >= 11 is 0. The van der Waals surface area contributed by atoms with Gasteiger partial charge in [-0.2, -0.15) is 0 Å². The van der Waals surface area contributed by atoms with E-state index in [4.69, 9.17) is 23.7 Å². The SMILES string of the molecule is COc1cc(/C=C2/N=C(c3ccc4c(c3)OCO4)OC2=O)ccc1OC(=O)c1cccc(C)c1. The van der Waals surface area contributed by atoms with Crippen LogP contribution in [0.4, 0.5) is 0 Å². The van der Waals surface area contributed by atoms with E-state index in [1.165, 1.54) is 7.11 Å². The Kier molecular flexibility index (Phi) is 5.47. The molecule has 5 rings (SSSR count). The van der Waals surface area contributed by atoms with Crippen molar-refractivity contribution in [3.05, 3.63) is 88.6 Å². The maximum absolute atomic E-state index is 12.5. The van der Waals surface area contributed by atoms with Crippen molar-refractivity contribution in [2.24, 2.45) is 4.99 Å². The number of ether oxygens (including phenoxy) is 5. The van der Waals surface area contributed by atoms with Gasteiger partial charge in [0.2, 0.25) is 12.7 Å². The number of nitrogens with zero attached hydrogens (tertiary/aromatic N) is 1. The van der Waals surface area contributed by atoms with Gasteiger partial charge in [0, 0.05) is 5.56 Å². The van der Waals surface area contributed by atoms with Crippen molar-refractivity contribution < 1.29 is 33.3 Å². The van der Waals surface area contributed by atoms with Gasteiger partial charge in [-0.05, 0) is 61.0 Å². The maximum atomic E-state index is 12.5. The molecule has 2 aliphatic rings. The molecule has 0 bridgehead atoms. The van der Waals surface area contributed by atoms with E-state index in [0.29, 0.717) is 33.9 Å². The van der Waals surface area contributed by atoms with Crippen LogP contribution in [0.5, 0.6) is 23.0 Å². The van der Waals surface area contributed by atoms with Gasteiger partial charge in [-0.1, -0.05) is 23.8 Å². The summed E-state index contributed by atoms with van der Waals surface area (Å²) in [5.41, 5.74) is 2.73. The Hall–Kier alpha value is -4.59. The van der Waals surface area contributed by atoms with Crippen molar-refractivity contribution >= 4 is 23.9 Å². The zero-order valence-electron chi connectivity index (χ0n) is 18.4. The molecular weight excluding hydrogens is 438 g/mol. The average molecular weight is 457 g/mol. The number of carbonyl (C=O) groups is 2. The molecule has 0 N–H and O–H groups in total. The summed E-state index contributed by atoms with van der Waals surface area (Å²) in [4.78, 5) is 29.2. The quantitative estimate of drug-likeness (QED) is 0.320. The number of carbonyl (C=O) groups excluding carboxylic acids is 2. The van der Waals surface area contributed by atoms with Crippen LogP contribution in [0.1, 0.15) is 27.0 Å². The number of rotatable bonds is 5. The average Bonchev–Trinajstić information content (AvgIpc) is 3.46. The monoisotopic (exact) mass is 457 g/mol. The normalized spacial score (nSPS) is 15.2. The summed E-state index contributed by atoms with van der Waals surface area (Å²) in [7, 11) is 1.47. The van der Waals surface area contributed by atoms with Gasteiger partial charge in [-0.25, -0.2) is 14.6 Å². The first-order valence-electron chi connectivity index (χ1n) is 10.4. The van der Waals surface area contributed by atoms with E-state index in [2.05, 4.69) is 4.99 Å². The van der Waals surface area contributed by atoms with Gasteiger partial charge in [0.1, 0.15) is 0 Å². The van der Waals surface area contributed by atoms with Crippen LogP contribution in [0.2, 0.25) is 0 Å². The molecule has 0 saturated heterocycles. The van der Waals surface area contributed by atoms with Crippen LogP contribution < -0.4 is 18.9 Å². The zero-order chi connectivity index (χ0) is 23.7. The Morgan fingerprint density at radius 3 is 2.68 bits per heavy atom. The number of cyclic esters (lactones) is 1. The molecule has 170 valence electrons. The van der Waals surface area contributed by atoms with Gasteiger partial charge in [0.05, 0.1) is 12.7 Å². The van der Waals surface area contributed by atoms with E-state index in [9.17, 15) is 9.59 Å². The van der Waals surface area contributed by atoms with Gasteiger partial charge >= 0.3 is 11.9 Å². The highest BCUT2D eigenvalue weighted by Crippen LogP contribution is 2.34. The smallest absolute Gasteiger partial charge is 0.363 e. The van der Waals surface area contributed by atoms with Crippen LogP contribution in [-0.2, 0) is 9.53 Å². The molecule has 3 aromatic rings. The minimum atomic E-state index is -0.582. The molecule has 0 unspecified atom stereocenters. The van der Waals surface area contributed by atoms with Gasteiger partial charge in [0.15, 0.2) is 28.7 Å². The molecule has 8 nitrogen and oxygen atoms in total. The minimum Gasteiger partial charge on any atom is -0.493 e. The van der Waals surface area contributed by atoms with Crippen LogP contribution in [0.15, 0.2) is 71.4 Å². The molecule has 0 radical (unpaired) electrons. The molecule has 34 heavy (non-hydrogen) atoms. The van der Waals surface area contributed by atoms with E-state index in [-0.39, 0.29) is 24.1 Å². The number of esters is 2. The largest absolute Gasteiger partial charge is 0.493 e. The summed E-state index contributed by atoms with van der Waals surface area (Å²) in [6.07, 6.45) is 1.57. The second kappa shape index (κ2) is 8.74. The zero-order valence-corrected chi connectivity index (χ0v) is 18.4. The molecular formula is C26H19NO7. The van der Waals surface area contributed by atoms with Crippen molar-refractivity contribution in [1.29, 1.82) is 0 Å². The first-order valence-corrected chi connectivity index (χ1v) is 10.4. The highest BCUT2D eigenvalue weighted by atomic mass is 16.7. The molecule has 8 heteroatoms. The van der Waals surface area contributed by atoms with Crippen LogP contribution >= 0.6 is 0 Å². The van der Waals surface area contributed by atoms with Crippen molar-refractivity contribution in [3.63, 3.8) is 0 Å². The lowest BCUT2D eigenvalue weighted by molar-refractivity contribution is -0.129. The number of benzene rings is 3. The lowest BCUT2D eigenvalue weighted by atomic mass is 10.1. The number of aryl methyl sites for hydroxylation is 1. The van der Waals surface area contributed by atoms with E-state index in [1.54, 1.807) is 60.7 Å². The third kappa shape index (κ3) is 4.21. The van der Waals surface area contributed by atoms with Gasteiger partial charge < -0.3 is 23.7 Å². The van der Waals surface area contributed by atoms with Crippen molar-refractivity contribution in [2.75, 3.05) is 13.9 Å². The highest BCUT2D eigenvalue weighted by Gasteiger charge is 2.26. The summed E-state index contributed by atoms with van der Waals surface area (Å²) in [5.74, 6) is 0.877. The summed E-state index contributed by atoms with van der Waals surface area (Å²) in [5, 5.41) is 0. The molecule has 0 amide bonds. The Bertz CT molecular complexity index is 1370.